The van der Waals surface area contributed by atoms with Gasteiger partial charge in [-0.1, -0.05) is 42.4 Å². The van der Waals surface area contributed by atoms with Crippen molar-refractivity contribution in [2.75, 3.05) is 11.4 Å². The van der Waals surface area contributed by atoms with E-state index < -0.39 is 0 Å². The van der Waals surface area contributed by atoms with E-state index in [0.29, 0.717) is 13.1 Å². The molecular formula is C19H21N3O2. The van der Waals surface area contributed by atoms with Gasteiger partial charge in [-0.15, -0.1) is 0 Å². The fourth-order valence-electron chi connectivity index (χ4n) is 2.74. The molecule has 3 aromatic rings. The third-order valence-corrected chi connectivity index (χ3v) is 3.96. The molecule has 0 radical (unpaired) electrons. The predicted molar refractivity (Wildman–Crippen MR) is 95.1 cm³/mol. The number of fused-ring (bicyclic) bond motifs is 1. The molecule has 24 heavy (non-hydrogen) atoms. The first-order chi connectivity index (χ1) is 11.7. The minimum absolute atomic E-state index is 0.127. The van der Waals surface area contributed by atoms with E-state index in [0.717, 1.165) is 34.3 Å². The number of nitrogens with zero attached hydrogens (tertiary/aromatic N) is 2. The standard InChI is InChI=1S/C19H21N3O2/c1-3-12-22(17-10-6-4-8-14(17)2)19(23)20-13-16-15-9-5-7-11-18(15)24-21-16/h4-11H,3,12-13H2,1-2H3,(H,20,23). The van der Waals surface area contributed by atoms with Crippen LogP contribution in [0.2, 0.25) is 0 Å². The smallest absolute Gasteiger partial charge is 0.322 e. The topological polar surface area (TPSA) is 58.4 Å². The molecule has 0 aliphatic heterocycles. The number of urea groups is 1. The molecule has 2 aromatic carbocycles. The fourth-order valence-corrected chi connectivity index (χ4v) is 2.74. The average Bonchev–Trinajstić information content (AvgIpc) is 3.02. The van der Waals surface area contributed by atoms with Gasteiger partial charge in [0.25, 0.3) is 0 Å². The minimum atomic E-state index is -0.127. The lowest BCUT2D eigenvalue weighted by Gasteiger charge is -2.24. The zero-order valence-corrected chi connectivity index (χ0v) is 14.0. The number of benzene rings is 2. The van der Waals surface area contributed by atoms with Crippen molar-refractivity contribution in [3.05, 3.63) is 59.8 Å². The lowest BCUT2D eigenvalue weighted by molar-refractivity contribution is 0.245. The minimum Gasteiger partial charge on any atom is -0.356 e. The van der Waals surface area contributed by atoms with Gasteiger partial charge in [0, 0.05) is 17.6 Å². The average molecular weight is 323 g/mol. The number of nitrogens with one attached hydrogen (secondary N) is 1. The molecule has 5 nitrogen and oxygen atoms in total. The summed E-state index contributed by atoms with van der Waals surface area (Å²) < 4.78 is 5.28. The third kappa shape index (κ3) is 3.25. The molecule has 0 unspecified atom stereocenters. The number of hydrogen-bond acceptors (Lipinski definition) is 3. The summed E-state index contributed by atoms with van der Waals surface area (Å²) in [5.41, 5.74) is 3.47. The van der Waals surface area contributed by atoms with Crippen molar-refractivity contribution >= 4 is 22.7 Å². The SMILES string of the molecule is CCCN(C(=O)NCc1noc2ccccc12)c1ccccc1C. The van der Waals surface area contributed by atoms with Crippen LogP contribution in [-0.2, 0) is 6.54 Å². The molecule has 0 aliphatic rings. The number of para-hydroxylation sites is 2. The van der Waals surface area contributed by atoms with Crippen molar-refractivity contribution in [1.82, 2.24) is 10.5 Å². The van der Waals surface area contributed by atoms with Crippen LogP contribution in [0.1, 0.15) is 24.6 Å². The molecule has 0 fully saturated rings. The molecule has 0 saturated carbocycles. The van der Waals surface area contributed by atoms with Crippen LogP contribution in [0.15, 0.2) is 53.1 Å². The predicted octanol–water partition coefficient (Wildman–Crippen LogP) is 4.26. The van der Waals surface area contributed by atoms with Crippen LogP contribution in [0.3, 0.4) is 0 Å². The number of aromatic nitrogens is 1. The van der Waals surface area contributed by atoms with E-state index in [-0.39, 0.29) is 6.03 Å². The Hall–Kier alpha value is -2.82. The second-order valence-electron chi connectivity index (χ2n) is 5.72. The number of carbonyl (C=O) groups excluding carboxylic acids is 1. The summed E-state index contributed by atoms with van der Waals surface area (Å²) in [4.78, 5) is 14.4. The third-order valence-electron chi connectivity index (χ3n) is 3.96. The van der Waals surface area contributed by atoms with Crippen molar-refractivity contribution in [1.29, 1.82) is 0 Å². The van der Waals surface area contributed by atoms with Gasteiger partial charge in [-0.25, -0.2) is 4.79 Å². The summed E-state index contributed by atoms with van der Waals surface area (Å²) >= 11 is 0. The van der Waals surface area contributed by atoms with Crippen molar-refractivity contribution < 1.29 is 9.32 Å². The van der Waals surface area contributed by atoms with E-state index in [1.807, 2.05) is 55.5 Å². The summed E-state index contributed by atoms with van der Waals surface area (Å²) in [6, 6.07) is 15.4. The fraction of sp³-hybridized carbons (Fsp3) is 0.263. The number of rotatable bonds is 5. The Morgan fingerprint density at radius 2 is 1.92 bits per heavy atom. The number of aryl methyl sites for hydroxylation is 1. The maximum atomic E-state index is 12.7. The van der Waals surface area contributed by atoms with E-state index in [2.05, 4.69) is 17.4 Å². The molecule has 2 amide bonds. The Bertz CT molecular complexity index is 841. The maximum absolute atomic E-state index is 12.7. The Labute approximate surface area is 141 Å². The number of anilines is 1. The van der Waals surface area contributed by atoms with Gasteiger partial charge in [0.1, 0.15) is 5.69 Å². The number of hydrogen-bond donors (Lipinski definition) is 1. The molecule has 0 aliphatic carbocycles. The van der Waals surface area contributed by atoms with Gasteiger partial charge >= 0.3 is 6.03 Å². The zero-order chi connectivity index (χ0) is 16.9. The Balaban J connectivity index is 1.75. The van der Waals surface area contributed by atoms with E-state index >= 15 is 0 Å². The maximum Gasteiger partial charge on any atom is 0.322 e. The van der Waals surface area contributed by atoms with Gasteiger partial charge in [-0.3, -0.25) is 4.90 Å². The highest BCUT2D eigenvalue weighted by atomic mass is 16.5. The largest absolute Gasteiger partial charge is 0.356 e. The first-order valence-corrected chi connectivity index (χ1v) is 8.15. The molecule has 1 N–H and O–H groups in total. The highest BCUT2D eigenvalue weighted by Crippen LogP contribution is 2.21. The Kier molecular flexibility index (Phi) is 4.79. The molecule has 3 rings (SSSR count). The van der Waals surface area contributed by atoms with Gasteiger partial charge in [0.15, 0.2) is 5.58 Å². The summed E-state index contributed by atoms with van der Waals surface area (Å²) in [7, 11) is 0. The molecule has 124 valence electrons. The summed E-state index contributed by atoms with van der Waals surface area (Å²) in [5, 5.41) is 7.93. The molecule has 5 heteroatoms. The lowest BCUT2D eigenvalue weighted by Crippen LogP contribution is -2.40. The van der Waals surface area contributed by atoms with Gasteiger partial charge in [0.05, 0.1) is 6.54 Å². The second-order valence-corrected chi connectivity index (χ2v) is 5.72. The van der Waals surface area contributed by atoms with Crippen molar-refractivity contribution in [3.8, 4) is 0 Å². The van der Waals surface area contributed by atoms with Crippen LogP contribution < -0.4 is 10.2 Å². The molecule has 0 spiro atoms. The van der Waals surface area contributed by atoms with Crippen molar-refractivity contribution in [2.24, 2.45) is 0 Å². The summed E-state index contributed by atoms with van der Waals surface area (Å²) in [6.07, 6.45) is 0.884. The highest BCUT2D eigenvalue weighted by Gasteiger charge is 2.17. The monoisotopic (exact) mass is 323 g/mol. The molecule has 1 heterocycles. The van der Waals surface area contributed by atoms with Crippen LogP contribution in [0.4, 0.5) is 10.5 Å². The second kappa shape index (κ2) is 7.17. The number of carbonyl (C=O) groups is 1. The van der Waals surface area contributed by atoms with Gasteiger partial charge in [-0.05, 0) is 37.1 Å². The van der Waals surface area contributed by atoms with Crippen LogP contribution in [0.25, 0.3) is 11.0 Å². The van der Waals surface area contributed by atoms with Gasteiger partial charge in [-0.2, -0.15) is 0 Å². The van der Waals surface area contributed by atoms with Crippen LogP contribution in [0, 0.1) is 6.92 Å². The lowest BCUT2D eigenvalue weighted by atomic mass is 10.2. The zero-order valence-electron chi connectivity index (χ0n) is 14.0. The first-order valence-electron chi connectivity index (χ1n) is 8.15. The van der Waals surface area contributed by atoms with Crippen molar-refractivity contribution in [3.63, 3.8) is 0 Å². The van der Waals surface area contributed by atoms with Crippen LogP contribution >= 0.6 is 0 Å². The molecular weight excluding hydrogens is 302 g/mol. The van der Waals surface area contributed by atoms with Gasteiger partial charge in [0.2, 0.25) is 0 Å². The molecule has 0 atom stereocenters. The summed E-state index contributed by atoms with van der Waals surface area (Å²) in [6.45, 7) is 5.07. The van der Waals surface area contributed by atoms with Gasteiger partial charge < -0.3 is 9.84 Å². The van der Waals surface area contributed by atoms with E-state index in [1.54, 1.807) is 4.90 Å². The van der Waals surface area contributed by atoms with Crippen LogP contribution in [0.5, 0.6) is 0 Å². The van der Waals surface area contributed by atoms with E-state index in [1.165, 1.54) is 0 Å². The van der Waals surface area contributed by atoms with Crippen LogP contribution in [-0.4, -0.2) is 17.7 Å². The van der Waals surface area contributed by atoms with Crippen molar-refractivity contribution in [2.45, 2.75) is 26.8 Å². The first kappa shape index (κ1) is 16.1. The highest BCUT2D eigenvalue weighted by molar-refractivity contribution is 5.93. The van der Waals surface area contributed by atoms with E-state index in [9.17, 15) is 4.79 Å². The van der Waals surface area contributed by atoms with E-state index in [4.69, 9.17) is 4.52 Å². The molecule has 1 aromatic heterocycles. The normalized spacial score (nSPS) is 10.8. The molecule has 0 bridgehead atoms. The quantitative estimate of drug-likeness (QED) is 0.763. The Morgan fingerprint density at radius 1 is 1.17 bits per heavy atom. The molecule has 0 saturated heterocycles. The number of amides is 2. The summed E-state index contributed by atoms with van der Waals surface area (Å²) in [5.74, 6) is 0. The Morgan fingerprint density at radius 3 is 2.71 bits per heavy atom.